The maximum absolute atomic E-state index is 11.8. The average molecular weight is 259 g/mol. The van der Waals surface area contributed by atoms with Gasteiger partial charge >= 0.3 is 5.97 Å². The minimum absolute atomic E-state index is 0.409. The number of benzene rings is 1. The highest BCUT2D eigenvalue weighted by atomic mass is 16.4. The van der Waals surface area contributed by atoms with Gasteiger partial charge in [0.05, 0.1) is 6.20 Å². The molecule has 1 heterocycles. The van der Waals surface area contributed by atoms with Crippen LogP contribution in [-0.4, -0.2) is 33.2 Å². The zero-order valence-electron chi connectivity index (χ0n) is 10.3. The molecule has 1 atom stereocenters. The van der Waals surface area contributed by atoms with Crippen LogP contribution in [0.3, 0.4) is 0 Å². The van der Waals surface area contributed by atoms with Gasteiger partial charge in [-0.25, -0.2) is 0 Å². The molecule has 1 unspecified atom stereocenters. The first-order chi connectivity index (χ1) is 9.08. The van der Waals surface area contributed by atoms with Crippen LogP contribution < -0.4 is 5.32 Å². The van der Waals surface area contributed by atoms with Crippen molar-refractivity contribution >= 4 is 11.9 Å². The summed E-state index contributed by atoms with van der Waals surface area (Å²) >= 11 is 0. The van der Waals surface area contributed by atoms with Crippen molar-refractivity contribution in [2.24, 2.45) is 0 Å². The third-order valence-electron chi connectivity index (χ3n) is 2.70. The summed E-state index contributed by atoms with van der Waals surface area (Å²) in [7, 11) is 0. The normalized spacial score (nSPS) is 11.8. The van der Waals surface area contributed by atoms with Crippen LogP contribution in [0.1, 0.15) is 17.3 Å². The molecule has 6 heteroatoms. The summed E-state index contributed by atoms with van der Waals surface area (Å²) in [5, 5.41) is 17.7. The van der Waals surface area contributed by atoms with E-state index in [2.05, 4.69) is 15.5 Å². The van der Waals surface area contributed by atoms with Gasteiger partial charge in [-0.2, -0.15) is 5.10 Å². The summed E-state index contributed by atoms with van der Waals surface area (Å²) in [4.78, 5) is 22.4. The molecule has 6 nitrogen and oxygen atoms in total. The molecule has 0 saturated carbocycles. The van der Waals surface area contributed by atoms with Crippen molar-refractivity contribution in [2.75, 3.05) is 0 Å². The molecule has 0 saturated heterocycles. The van der Waals surface area contributed by atoms with Crippen LogP contribution in [0.25, 0.3) is 11.1 Å². The highest BCUT2D eigenvalue weighted by Crippen LogP contribution is 2.17. The minimum atomic E-state index is -1.07. The van der Waals surface area contributed by atoms with Crippen molar-refractivity contribution in [3.63, 3.8) is 0 Å². The van der Waals surface area contributed by atoms with Crippen LogP contribution >= 0.6 is 0 Å². The van der Waals surface area contributed by atoms with Gasteiger partial charge in [-0.15, -0.1) is 0 Å². The Labute approximate surface area is 109 Å². The zero-order valence-corrected chi connectivity index (χ0v) is 10.3. The number of aromatic nitrogens is 2. The molecule has 0 aliphatic carbocycles. The van der Waals surface area contributed by atoms with Gasteiger partial charge in [0.15, 0.2) is 0 Å². The van der Waals surface area contributed by atoms with Crippen LogP contribution in [0.5, 0.6) is 0 Å². The molecule has 1 aromatic carbocycles. The second-order valence-electron chi connectivity index (χ2n) is 4.10. The molecule has 2 rings (SSSR count). The lowest BCUT2D eigenvalue weighted by Crippen LogP contribution is -2.38. The number of amides is 1. The Bertz CT molecular complexity index is 576. The van der Waals surface area contributed by atoms with E-state index in [9.17, 15) is 9.59 Å². The van der Waals surface area contributed by atoms with Crippen molar-refractivity contribution < 1.29 is 14.7 Å². The van der Waals surface area contributed by atoms with E-state index in [1.807, 2.05) is 0 Å². The second-order valence-corrected chi connectivity index (χ2v) is 4.10. The third-order valence-corrected chi connectivity index (χ3v) is 2.70. The number of aromatic amines is 1. The Morgan fingerprint density at radius 1 is 1.26 bits per heavy atom. The van der Waals surface area contributed by atoms with E-state index in [-0.39, 0.29) is 0 Å². The highest BCUT2D eigenvalue weighted by Gasteiger charge is 2.15. The standard InChI is InChI=1S/C13H13N3O3/c1-8(13(18)19)16-12(17)10-4-2-9(3-5-10)11-6-14-15-7-11/h2-8H,1H3,(H,14,15)(H,16,17)(H,18,19). The van der Waals surface area contributed by atoms with Crippen molar-refractivity contribution in [3.05, 3.63) is 42.2 Å². The topological polar surface area (TPSA) is 95.1 Å². The second kappa shape index (κ2) is 5.34. The summed E-state index contributed by atoms with van der Waals surface area (Å²) in [6, 6.07) is 5.94. The fourth-order valence-corrected chi connectivity index (χ4v) is 1.56. The van der Waals surface area contributed by atoms with Crippen LogP contribution in [0.4, 0.5) is 0 Å². The quantitative estimate of drug-likeness (QED) is 0.770. The number of H-pyrrole nitrogens is 1. The highest BCUT2D eigenvalue weighted by molar-refractivity contribution is 5.96. The number of hydrogen-bond donors (Lipinski definition) is 3. The van der Waals surface area contributed by atoms with Crippen molar-refractivity contribution in [3.8, 4) is 11.1 Å². The van der Waals surface area contributed by atoms with Crippen LogP contribution in [0.15, 0.2) is 36.7 Å². The Kier molecular flexibility index (Phi) is 3.61. The molecule has 2 aromatic rings. The third kappa shape index (κ3) is 2.98. The number of nitrogens with one attached hydrogen (secondary N) is 2. The Morgan fingerprint density at radius 2 is 1.95 bits per heavy atom. The van der Waals surface area contributed by atoms with E-state index in [0.29, 0.717) is 5.56 Å². The lowest BCUT2D eigenvalue weighted by Gasteiger charge is -2.09. The van der Waals surface area contributed by atoms with Crippen LogP contribution in [-0.2, 0) is 4.79 Å². The van der Waals surface area contributed by atoms with E-state index < -0.39 is 17.9 Å². The van der Waals surface area contributed by atoms with Gasteiger partial charge in [-0.3, -0.25) is 14.7 Å². The maximum atomic E-state index is 11.8. The summed E-state index contributed by atoms with van der Waals surface area (Å²) in [5.74, 6) is -1.47. The first-order valence-electron chi connectivity index (χ1n) is 5.71. The monoisotopic (exact) mass is 259 g/mol. The molecule has 0 spiro atoms. The van der Waals surface area contributed by atoms with Gasteiger partial charge < -0.3 is 10.4 Å². The van der Waals surface area contributed by atoms with Crippen molar-refractivity contribution in [1.82, 2.24) is 15.5 Å². The molecule has 98 valence electrons. The number of carboxylic acid groups (broad SMARTS) is 1. The smallest absolute Gasteiger partial charge is 0.325 e. The molecular formula is C13H13N3O3. The van der Waals surface area contributed by atoms with Gasteiger partial charge in [-0.1, -0.05) is 12.1 Å². The summed E-state index contributed by atoms with van der Waals surface area (Å²) < 4.78 is 0. The molecule has 1 aromatic heterocycles. The first kappa shape index (κ1) is 12.8. The van der Waals surface area contributed by atoms with Crippen LogP contribution in [0.2, 0.25) is 0 Å². The van der Waals surface area contributed by atoms with Crippen molar-refractivity contribution in [1.29, 1.82) is 0 Å². The number of carbonyl (C=O) groups is 2. The fraction of sp³-hybridized carbons (Fsp3) is 0.154. The first-order valence-corrected chi connectivity index (χ1v) is 5.71. The van der Waals surface area contributed by atoms with Gasteiger partial charge in [0.25, 0.3) is 5.91 Å². The van der Waals surface area contributed by atoms with Gasteiger partial charge in [0.1, 0.15) is 6.04 Å². The van der Waals surface area contributed by atoms with Gasteiger partial charge in [-0.05, 0) is 24.6 Å². The number of aliphatic carboxylic acids is 1. The Morgan fingerprint density at radius 3 is 2.47 bits per heavy atom. The molecule has 1 amide bonds. The van der Waals surface area contributed by atoms with Gasteiger partial charge in [0, 0.05) is 17.3 Å². The molecule has 0 aliphatic heterocycles. The van der Waals surface area contributed by atoms with E-state index in [0.717, 1.165) is 11.1 Å². The minimum Gasteiger partial charge on any atom is -0.480 e. The van der Waals surface area contributed by atoms with Crippen LogP contribution in [0, 0.1) is 0 Å². The summed E-state index contributed by atoms with van der Waals surface area (Å²) in [5.41, 5.74) is 2.27. The molecule has 0 aliphatic rings. The zero-order chi connectivity index (χ0) is 13.8. The van der Waals surface area contributed by atoms with E-state index >= 15 is 0 Å². The van der Waals surface area contributed by atoms with Gasteiger partial charge in [0.2, 0.25) is 0 Å². The predicted octanol–water partition coefficient (Wildman–Crippen LogP) is 1.28. The number of hydrogen-bond acceptors (Lipinski definition) is 3. The van der Waals surface area contributed by atoms with E-state index in [1.54, 1.807) is 36.7 Å². The SMILES string of the molecule is CC(NC(=O)c1ccc(-c2cn[nH]c2)cc1)C(=O)O. The molecule has 0 radical (unpaired) electrons. The Balaban J connectivity index is 2.10. The largest absolute Gasteiger partial charge is 0.480 e. The lowest BCUT2D eigenvalue weighted by molar-refractivity contribution is -0.138. The Hall–Kier alpha value is -2.63. The average Bonchev–Trinajstić information content (AvgIpc) is 2.92. The number of rotatable bonds is 4. The number of carbonyl (C=O) groups excluding carboxylic acids is 1. The van der Waals surface area contributed by atoms with E-state index in [4.69, 9.17) is 5.11 Å². The maximum Gasteiger partial charge on any atom is 0.325 e. The van der Waals surface area contributed by atoms with E-state index in [1.165, 1.54) is 6.92 Å². The molecule has 3 N–H and O–H groups in total. The van der Waals surface area contributed by atoms with Crippen molar-refractivity contribution in [2.45, 2.75) is 13.0 Å². The number of carboxylic acids is 1. The molecule has 0 bridgehead atoms. The summed E-state index contributed by atoms with van der Waals surface area (Å²) in [6.07, 6.45) is 3.43. The molecule has 19 heavy (non-hydrogen) atoms. The lowest BCUT2D eigenvalue weighted by atomic mass is 10.1. The molecule has 0 fully saturated rings. The predicted molar refractivity (Wildman–Crippen MR) is 68.6 cm³/mol. The summed E-state index contributed by atoms with van der Waals surface area (Å²) in [6.45, 7) is 1.42. The molecular weight excluding hydrogens is 246 g/mol. The fourth-order valence-electron chi connectivity index (χ4n) is 1.56. The number of nitrogens with zero attached hydrogens (tertiary/aromatic N) is 1.